The summed E-state index contributed by atoms with van der Waals surface area (Å²) in [7, 11) is 0. The maximum Gasteiger partial charge on any atom is 0.357 e. The molecule has 0 aliphatic carbocycles. The normalized spacial score (nSPS) is 27.9. The molecule has 2 aliphatic heterocycles. The van der Waals surface area contributed by atoms with Gasteiger partial charge >= 0.3 is 11.9 Å². The third-order valence-electron chi connectivity index (χ3n) is 4.67. The number of carbonyl (C=O) groups is 4. The standard InChI is InChI=1S/C19H19NO6/c1-3-9-19(25-12(2)21)10-14-16(22)17(23)15(11-19)20(14)26-18(24)13-7-5-4-6-8-13/h3-8,14-15H,1,9-11H2,2H3/t14-,15-/m1/s1. The Morgan fingerprint density at radius 1 is 1.19 bits per heavy atom. The second-order valence-corrected chi connectivity index (χ2v) is 6.54. The zero-order chi connectivity index (χ0) is 18.9. The van der Waals surface area contributed by atoms with Crippen LogP contribution in [0.25, 0.3) is 0 Å². The van der Waals surface area contributed by atoms with E-state index in [1.807, 2.05) is 0 Å². The van der Waals surface area contributed by atoms with Crippen molar-refractivity contribution in [2.24, 2.45) is 0 Å². The molecule has 2 saturated heterocycles. The summed E-state index contributed by atoms with van der Waals surface area (Å²) in [6.45, 7) is 4.94. The van der Waals surface area contributed by atoms with Crippen molar-refractivity contribution in [2.75, 3.05) is 0 Å². The topological polar surface area (TPSA) is 90.0 Å². The van der Waals surface area contributed by atoms with Crippen molar-refractivity contribution in [3.8, 4) is 0 Å². The van der Waals surface area contributed by atoms with E-state index in [9.17, 15) is 19.2 Å². The molecule has 26 heavy (non-hydrogen) atoms. The monoisotopic (exact) mass is 357 g/mol. The number of esters is 1. The summed E-state index contributed by atoms with van der Waals surface area (Å²) < 4.78 is 5.45. The summed E-state index contributed by atoms with van der Waals surface area (Å²) in [6, 6.07) is 6.37. The van der Waals surface area contributed by atoms with Crippen LogP contribution in [0.5, 0.6) is 0 Å². The zero-order valence-corrected chi connectivity index (χ0v) is 14.3. The lowest BCUT2D eigenvalue weighted by Crippen LogP contribution is -2.54. The molecule has 0 radical (unpaired) electrons. The smallest absolute Gasteiger partial charge is 0.357 e. The number of benzene rings is 1. The number of rotatable bonds is 5. The summed E-state index contributed by atoms with van der Waals surface area (Å²) in [4.78, 5) is 53.9. The Morgan fingerprint density at radius 3 is 2.27 bits per heavy atom. The number of hydrogen-bond acceptors (Lipinski definition) is 7. The van der Waals surface area contributed by atoms with Gasteiger partial charge in [-0.05, 0) is 12.1 Å². The molecule has 2 fully saturated rings. The molecule has 2 atom stereocenters. The van der Waals surface area contributed by atoms with Gasteiger partial charge in [0.2, 0.25) is 11.6 Å². The Bertz CT molecular complexity index is 747. The molecule has 7 heteroatoms. The zero-order valence-electron chi connectivity index (χ0n) is 14.3. The predicted molar refractivity (Wildman–Crippen MR) is 89.8 cm³/mol. The van der Waals surface area contributed by atoms with E-state index in [0.717, 1.165) is 5.06 Å². The van der Waals surface area contributed by atoms with Crippen LogP contribution < -0.4 is 0 Å². The molecule has 136 valence electrons. The number of piperidine rings is 1. The lowest BCUT2D eigenvalue weighted by atomic mass is 9.84. The van der Waals surface area contributed by atoms with Crippen LogP contribution in [0.3, 0.4) is 0 Å². The average Bonchev–Trinajstić information content (AvgIpc) is 2.74. The minimum atomic E-state index is -1.000. The third-order valence-corrected chi connectivity index (χ3v) is 4.67. The van der Waals surface area contributed by atoms with Gasteiger partial charge < -0.3 is 9.57 Å². The van der Waals surface area contributed by atoms with Gasteiger partial charge in [-0.1, -0.05) is 24.3 Å². The first-order valence-electron chi connectivity index (χ1n) is 8.31. The highest BCUT2D eigenvalue weighted by atomic mass is 16.7. The predicted octanol–water partition coefficient (Wildman–Crippen LogP) is 1.62. The van der Waals surface area contributed by atoms with Crippen LogP contribution in [0.4, 0.5) is 0 Å². The lowest BCUT2D eigenvalue weighted by molar-refractivity contribution is -0.204. The molecular formula is C19H19NO6. The van der Waals surface area contributed by atoms with Crippen molar-refractivity contribution in [1.82, 2.24) is 5.06 Å². The molecule has 2 heterocycles. The highest BCUT2D eigenvalue weighted by Crippen LogP contribution is 2.42. The van der Waals surface area contributed by atoms with Gasteiger partial charge in [0.1, 0.15) is 17.7 Å². The number of ketones is 2. The number of nitrogens with zero attached hydrogens (tertiary/aromatic N) is 1. The summed E-state index contributed by atoms with van der Waals surface area (Å²) in [5.41, 5.74) is -0.685. The van der Waals surface area contributed by atoms with Gasteiger partial charge in [-0.15, -0.1) is 11.6 Å². The van der Waals surface area contributed by atoms with Crippen molar-refractivity contribution in [2.45, 2.75) is 43.9 Å². The molecule has 2 bridgehead atoms. The van der Waals surface area contributed by atoms with Gasteiger partial charge in [0, 0.05) is 26.2 Å². The fraction of sp³-hybridized carbons (Fsp3) is 0.368. The molecule has 1 aromatic rings. The molecule has 1 aromatic carbocycles. The number of hydrogen-bond donors (Lipinski definition) is 0. The van der Waals surface area contributed by atoms with E-state index in [1.54, 1.807) is 36.4 Å². The first-order valence-corrected chi connectivity index (χ1v) is 8.31. The molecule has 2 aliphatic rings. The van der Waals surface area contributed by atoms with Crippen molar-refractivity contribution in [3.05, 3.63) is 48.6 Å². The number of Topliss-reactive ketones (excluding diaryl/α,β-unsaturated/α-hetero) is 2. The lowest BCUT2D eigenvalue weighted by Gasteiger charge is -2.42. The van der Waals surface area contributed by atoms with E-state index in [1.165, 1.54) is 6.92 Å². The molecule has 0 amide bonds. The molecule has 3 rings (SSSR count). The van der Waals surface area contributed by atoms with E-state index in [2.05, 4.69) is 6.58 Å². The van der Waals surface area contributed by atoms with Crippen molar-refractivity contribution in [1.29, 1.82) is 0 Å². The largest absolute Gasteiger partial charge is 0.459 e. The number of fused-ring (bicyclic) bond motifs is 2. The van der Waals surface area contributed by atoms with E-state index in [0.29, 0.717) is 12.0 Å². The van der Waals surface area contributed by atoms with E-state index in [4.69, 9.17) is 9.57 Å². The van der Waals surface area contributed by atoms with Crippen LogP contribution in [-0.2, 0) is 24.0 Å². The fourth-order valence-electron chi connectivity index (χ4n) is 3.64. The SMILES string of the molecule is C=CCC1(OC(C)=O)C[C@@H]2C(=O)C(=O)[C@@H](C1)N2OC(=O)c1ccccc1. The van der Waals surface area contributed by atoms with E-state index < -0.39 is 41.2 Å². The van der Waals surface area contributed by atoms with Gasteiger partial charge in [0.15, 0.2) is 0 Å². The van der Waals surface area contributed by atoms with Crippen molar-refractivity contribution in [3.63, 3.8) is 0 Å². The third kappa shape index (κ3) is 3.17. The maximum absolute atomic E-state index is 12.3. The van der Waals surface area contributed by atoms with Gasteiger partial charge in [-0.2, -0.15) is 0 Å². The highest BCUT2D eigenvalue weighted by molar-refractivity contribution is 6.43. The molecular weight excluding hydrogens is 338 g/mol. The molecule has 0 spiro atoms. The number of hydroxylamine groups is 2. The second-order valence-electron chi connectivity index (χ2n) is 6.54. The fourth-order valence-corrected chi connectivity index (χ4v) is 3.64. The molecule has 0 N–H and O–H groups in total. The van der Waals surface area contributed by atoms with Crippen molar-refractivity contribution < 1.29 is 28.8 Å². The summed E-state index contributed by atoms with van der Waals surface area (Å²) in [6.07, 6.45) is 2.03. The van der Waals surface area contributed by atoms with Crippen LogP contribution in [0.1, 0.15) is 36.5 Å². The molecule has 7 nitrogen and oxygen atoms in total. The maximum atomic E-state index is 12.3. The first-order chi connectivity index (χ1) is 12.4. The Hall–Kier alpha value is -2.80. The Labute approximate surface area is 150 Å². The quantitative estimate of drug-likeness (QED) is 0.449. The number of carbonyl (C=O) groups excluding carboxylic acids is 4. The van der Waals surface area contributed by atoms with E-state index in [-0.39, 0.29) is 12.8 Å². The van der Waals surface area contributed by atoms with Crippen LogP contribution in [0.2, 0.25) is 0 Å². The Kier molecular flexibility index (Phi) is 4.73. The molecule has 0 aromatic heterocycles. The van der Waals surface area contributed by atoms with Gasteiger partial charge in [0.05, 0.1) is 5.56 Å². The van der Waals surface area contributed by atoms with Crippen molar-refractivity contribution >= 4 is 23.5 Å². The van der Waals surface area contributed by atoms with Gasteiger partial charge in [-0.3, -0.25) is 14.4 Å². The van der Waals surface area contributed by atoms with Crippen LogP contribution in [-0.4, -0.2) is 46.3 Å². The van der Waals surface area contributed by atoms with Gasteiger partial charge in [-0.25, -0.2) is 4.79 Å². The summed E-state index contributed by atoms with van der Waals surface area (Å²) in [5, 5.41) is 1.16. The minimum Gasteiger partial charge on any atom is -0.459 e. The van der Waals surface area contributed by atoms with Crippen LogP contribution in [0, 0.1) is 0 Å². The second kappa shape index (κ2) is 6.84. The highest BCUT2D eigenvalue weighted by Gasteiger charge is 2.60. The summed E-state index contributed by atoms with van der Waals surface area (Å²) >= 11 is 0. The molecule has 0 saturated carbocycles. The van der Waals surface area contributed by atoms with E-state index >= 15 is 0 Å². The van der Waals surface area contributed by atoms with Crippen LogP contribution in [0.15, 0.2) is 43.0 Å². The average molecular weight is 357 g/mol. The number of ether oxygens (including phenoxy) is 1. The Morgan fingerprint density at radius 2 is 1.77 bits per heavy atom. The molecule has 0 unspecified atom stereocenters. The Balaban J connectivity index is 1.85. The van der Waals surface area contributed by atoms with Gasteiger partial charge in [0.25, 0.3) is 0 Å². The minimum absolute atomic E-state index is 0.0712. The summed E-state index contributed by atoms with van der Waals surface area (Å²) in [5.74, 6) is -2.41. The first kappa shape index (κ1) is 18.0. The van der Waals surface area contributed by atoms with Crippen LogP contribution >= 0.6 is 0 Å².